The van der Waals surface area contributed by atoms with E-state index in [9.17, 15) is 19.2 Å². The minimum Gasteiger partial charge on any atom is -0.465 e. The first-order valence-electron chi connectivity index (χ1n) is 8.83. The molecule has 1 aromatic rings. The molecule has 0 aromatic heterocycles. The molecule has 0 radical (unpaired) electrons. The summed E-state index contributed by atoms with van der Waals surface area (Å²) in [5.41, 5.74) is 0.825. The van der Waals surface area contributed by atoms with Crippen LogP contribution in [0.1, 0.15) is 23.2 Å². The van der Waals surface area contributed by atoms with E-state index in [4.69, 9.17) is 9.47 Å². The predicted molar refractivity (Wildman–Crippen MR) is 90.4 cm³/mol. The Hall–Kier alpha value is -2.90. The first-order chi connectivity index (χ1) is 13.0. The Bertz CT molecular complexity index is 801. The third-order valence-corrected chi connectivity index (χ3v) is 5.69. The number of anilines is 1. The quantitative estimate of drug-likeness (QED) is 0.609. The molecule has 0 unspecified atom stereocenters. The summed E-state index contributed by atoms with van der Waals surface area (Å²) in [5.74, 6) is -2.52. The maximum Gasteiger partial charge on any atom is 0.337 e. The van der Waals surface area contributed by atoms with Crippen molar-refractivity contribution in [2.75, 3.05) is 19.0 Å². The molecule has 2 saturated carbocycles. The number of carbonyl (C=O) groups excluding carboxylic acids is 4. The molecule has 0 spiro atoms. The molecule has 1 aliphatic heterocycles. The van der Waals surface area contributed by atoms with Crippen LogP contribution >= 0.6 is 0 Å². The highest BCUT2D eigenvalue weighted by Gasteiger charge is 2.64. The van der Waals surface area contributed by atoms with Gasteiger partial charge in [0.2, 0.25) is 0 Å². The highest BCUT2D eigenvalue weighted by Crippen LogP contribution is 2.57. The van der Waals surface area contributed by atoms with Crippen LogP contribution < -0.4 is 5.32 Å². The van der Waals surface area contributed by atoms with Crippen LogP contribution in [0.15, 0.2) is 24.3 Å². The van der Waals surface area contributed by atoms with Gasteiger partial charge in [-0.15, -0.1) is 0 Å². The van der Waals surface area contributed by atoms with Gasteiger partial charge in [0.1, 0.15) is 6.10 Å². The summed E-state index contributed by atoms with van der Waals surface area (Å²) in [4.78, 5) is 47.8. The van der Waals surface area contributed by atoms with Gasteiger partial charge in [0, 0.05) is 11.6 Å². The van der Waals surface area contributed by atoms with Gasteiger partial charge in [-0.2, -0.15) is 0 Å². The highest BCUT2D eigenvalue weighted by atomic mass is 16.6. The van der Waals surface area contributed by atoms with Crippen LogP contribution in [0.3, 0.4) is 0 Å². The van der Waals surface area contributed by atoms with Crippen molar-refractivity contribution in [1.29, 1.82) is 0 Å². The van der Waals surface area contributed by atoms with Gasteiger partial charge in [0.05, 0.1) is 24.5 Å². The summed E-state index contributed by atoms with van der Waals surface area (Å²) in [7, 11) is 1.29. The third-order valence-electron chi connectivity index (χ3n) is 5.69. The van der Waals surface area contributed by atoms with Crippen molar-refractivity contribution >= 4 is 29.5 Å². The molecule has 2 aliphatic carbocycles. The summed E-state index contributed by atoms with van der Waals surface area (Å²) >= 11 is 0. The predicted octanol–water partition coefficient (Wildman–Crippen LogP) is 1.15. The minimum atomic E-state index is -0.513. The van der Waals surface area contributed by atoms with E-state index in [1.54, 1.807) is 12.1 Å². The Morgan fingerprint density at radius 2 is 1.93 bits per heavy atom. The Balaban J connectivity index is 1.30. The number of esters is 3. The van der Waals surface area contributed by atoms with E-state index in [0.29, 0.717) is 17.7 Å². The van der Waals surface area contributed by atoms with Gasteiger partial charge in [-0.3, -0.25) is 14.4 Å². The summed E-state index contributed by atoms with van der Waals surface area (Å²) in [6.45, 7) is -0.434. The molecule has 4 rings (SSSR count). The molecule has 1 aromatic carbocycles. The molecule has 8 heteroatoms. The van der Waals surface area contributed by atoms with Crippen molar-refractivity contribution < 1.29 is 33.4 Å². The number of rotatable bonds is 5. The molecule has 8 nitrogen and oxygen atoms in total. The number of amides is 1. The van der Waals surface area contributed by atoms with Crippen molar-refractivity contribution in [3.8, 4) is 0 Å². The second-order valence-electron chi connectivity index (χ2n) is 7.15. The van der Waals surface area contributed by atoms with Crippen LogP contribution in [0.2, 0.25) is 0 Å². The summed E-state index contributed by atoms with van der Waals surface area (Å²) in [5, 5.41) is 2.59. The van der Waals surface area contributed by atoms with E-state index >= 15 is 0 Å². The van der Waals surface area contributed by atoms with Crippen LogP contribution in [-0.4, -0.2) is 43.6 Å². The molecule has 142 valence electrons. The summed E-state index contributed by atoms with van der Waals surface area (Å²) in [6, 6.07) is 6.14. The van der Waals surface area contributed by atoms with Crippen molar-refractivity contribution in [3.05, 3.63) is 29.8 Å². The molecule has 1 N–H and O–H groups in total. The first-order valence-corrected chi connectivity index (χ1v) is 8.83. The standard InChI is InChI=1S/C19H19NO7/c1-25-17(22)9-2-4-11(5-3-9)20-14(21)8-26-18(23)15-10-6-12-13(7-10)27-19(24)16(12)15/h2-5,10,12-13,15-16H,6-8H2,1H3,(H,20,21)/t10-,12-,13-,15+,16+/m1/s1. The second-order valence-corrected chi connectivity index (χ2v) is 7.15. The fraction of sp³-hybridized carbons (Fsp3) is 0.474. The topological polar surface area (TPSA) is 108 Å². The smallest absolute Gasteiger partial charge is 0.337 e. The first kappa shape index (κ1) is 17.5. The van der Waals surface area contributed by atoms with Gasteiger partial charge in [-0.25, -0.2) is 4.79 Å². The van der Waals surface area contributed by atoms with Gasteiger partial charge >= 0.3 is 17.9 Å². The second kappa shape index (κ2) is 6.68. The maximum atomic E-state index is 12.4. The Labute approximate surface area is 155 Å². The number of hydrogen-bond acceptors (Lipinski definition) is 7. The molecule has 3 fully saturated rings. The van der Waals surface area contributed by atoms with Crippen LogP contribution in [0.4, 0.5) is 5.69 Å². The zero-order valence-corrected chi connectivity index (χ0v) is 14.7. The summed E-state index contributed by atoms with van der Waals surface area (Å²) in [6.07, 6.45) is 1.46. The zero-order valence-electron chi connectivity index (χ0n) is 14.7. The van der Waals surface area contributed by atoms with Crippen molar-refractivity contribution in [1.82, 2.24) is 0 Å². The van der Waals surface area contributed by atoms with Crippen LogP contribution in [0, 0.1) is 23.7 Å². The molecule has 2 bridgehead atoms. The van der Waals surface area contributed by atoms with E-state index in [-0.39, 0.29) is 23.9 Å². The average Bonchev–Trinajstić information content (AvgIpc) is 3.28. The molecular formula is C19H19NO7. The number of ether oxygens (including phenoxy) is 3. The molecule has 1 amide bonds. The van der Waals surface area contributed by atoms with Crippen molar-refractivity contribution in [2.24, 2.45) is 23.7 Å². The normalized spacial score (nSPS) is 30.0. The minimum absolute atomic E-state index is 0.0483. The molecule has 1 saturated heterocycles. The average molecular weight is 373 g/mol. The number of fused-ring (bicyclic) bond motifs is 1. The van der Waals surface area contributed by atoms with Crippen LogP contribution in [0.25, 0.3) is 0 Å². The Morgan fingerprint density at radius 1 is 1.19 bits per heavy atom. The fourth-order valence-electron chi connectivity index (χ4n) is 4.56. The SMILES string of the molecule is COC(=O)c1ccc(NC(=O)COC(=O)[C@H]2[C@@H]3C[C@H]4[C@@H]2C(=O)O[C@@H]4C3)cc1. The van der Waals surface area contributed by atoms with Gasteiger partial charge in [-0.1, -0.05) is 0 Å². The molecule has 27 heavy (non-hydrogen) atoms. The van der Waals surface area contributed by atoms with Gasteiger partial charge in [-0.05, 0) is 43.0 Å². The lowest BCUT2D eigenvalue weighted by atomic mass is 9.80. The van der Waals surface area contributed by atoms with E-state index in [1.807, 2.05) is 0 Å². The van der Waals surface area contributed by atoms with E-state index < -0.39 is 36.3 Å². The van der Waals surface area contributed by atoms with Gasteiger partial charge in [0.15, 0.2) is 6.61 Å². The van der Waals surface area contributed by atoms with E-state index in [2.05, 4.69) is 10.1 Å². The summed E-state index contributed by atoms with van der Waals surface area (Å²) < 4.78 is 15.1. The maximum absolute atomic E-state index is 12.4. The largest absolute Gasteiger partial charge is 0.465 e. The van der Waals surface area contributed by atoms with E-state index in [1.165, 1.54) is 19.2 Å². The van der Waals surface area contributed by atoms with Gasteiger partial charge in [0.25, 0.3) is 5.91 Å². The highest BCUT2D eigenvalue weighted by molar-refractivity contribution is 5.95. The number of benzene rings is 1. The fourth-order valence-corrected chi connectivity index (χ4v) is 4.56. The Morgan fingerprint density at radius 3 is 2.63 bits per heavy atom. The Kier molecular flexibility index (Phi) is 4.33. The number of hydrogen-bond donors (Lipinski definition) is 1. The third kappa shape index (κ3) is 3.05. The van der Waals surface area contributed by atoms with Crippen molar-refractivity contribution in [3.63, 3.8) is 0 Å². The lowest BCUT2D eigenvalue weighted by Gasteiger charge is -2.22. The molecular weight excluding hydrogens is 354 g/mol. The molecule has 3 aliphatic rings. The van der Waals surface area contributed by atoms with Crippen molar-refractivity contribution in [2.45, 2.75) is 18.9 Å². The lowest BCUT2D eigenvalue weighted by molar-refractivity contribution is -0.157. The van der Waals surface area contributed by atoms with Crippen LogP contribution in [0.5, 0.6) is 0 Å². The number of methoxy groups -OCH3 is 1. The molecule has 1 heterocycles. The molecule has 5 atom stereocenters. The number of nitrogens with one attached hydrogen (secondary N) is 1. The van der Waals surface area contributed by atoms with Crippen LogP contribution in [-0.2, 0) is 28.6 Å². The zero-order chi connectivity index (χ0) is 19.1. The van der Waals surface area contributed by atoms with Gasteiger partial charge < -0.3 is 19.5 Å². The number of carbonyl (C=O) groups is 4. The van der Waals surface area contributed by atoms with E-state index in [0.717, 1.165) is 6.42 Å². The monoisotopic (exact) mass is 373 g/mol. The lowest BCUT2D eigenvalue weighted by Crippen LogP contribution is -2.34.